The summed E-state index contributed by atoms with van der Waals surface area (Å²) in [5.41, 5.74) is 5.70. The summed E-state index contributed by atoms with van der Waals surface area (Å²) in [6.07, 6.45) is 1.88. The zero-order valence-electron chi connectivity index (χ0n) is 11.5. The molecule has 7 nitrogen and oxygen atoms in total. The molecule has 1 rings (SSSR count). The van der Waals surface area contributed by atoms with Crippen LogP contribution in [0.2, 0.25) is 0 Å². The Labute approximate surface area is 122 Å². The number of hydrogen-bond acceptors (Lipinski definition) is 6. The molecule has 0 saturated carbocycles. The summed E-state index contributed by atoms with van der Waals surface area (Å²) >= 11 is 0.878. The molecule has 114 valence electrons. The summed E-state index contributed by atoms with van der Waals surface area (Å²) in [5, 5.41) is 9.14. The molecule has 8 heteroatoms. The first-order valence-electron chi connectivity index (χ1n) is 6.74. The van der Waals surface area contributed by atoms with E-state index in [1.54, 1.807) is 0 Å². The van der Waals surface area contributed by atoms with Gasteiger partial charge in [-0.2, -0.15) is 0 Å². The van der Waals surface area contributed by atoms with Crippen molar-refractivity contribution in [1.29, 1.82) is 0 Å². The maximum absolute atomic E-state index is 12.5. The van der Waals surface area contributed by atoms with E-state index >= 15 is 0 Å². The largest absolute Gasteiger partial charge is 0.480 e. The van der Waals surface area contributed by atoms with E-state index in [0.717, 1.165) is 11.9 Å². The Morgan fingerprint density at radius 3 is 2.75 bits per heavy atom. The molecular formula is C12H21N3O4S. The van der Waals surface area contributed by atoms with Crippen LogP contribution in [0, 0.1) is 16.7 Å². The monoisotopic (exact) mass is 303 g/mol. The molecule has 1 aliphatic rings. The molecule has 3 atom stereocenters. The molecule has 0 aromatic carbocycles. The van der Waals surface area contributed by atoms with Crippen LogP contribution in [0.5, 0.6) is 0 Å². The molecule has 1 saturated heterocycles. The van der Waals surface area contributed by atoms with Gasteiger partial charge in [0.05, 0.1) is 5.92 Å². The Balaban J connectivity index is 2.79. The lowest BCUT2D eigenvalue weighted by atomic mass is 9.90. The summed E-state index contributed by atoms with van der Waals surface area (Å²) in [6.45, 7) is 2.53. The van der Waals surface area contributed by atoms with Gasteiger partial charge in [-0.15, -0.1) is 4.91 Å². The number of nitrogens with zero attached hydrogens (tertiary/aromatic N) is 2. The second kappa shape index (κ2) is 8.21. The van der Waals surface area contributed by atoms with Gasteiger partial charge in [-0.25, -0.2) is 4.79 Å². The molecule has 1 fully saturated rings. The van der Waals surface area contributed by atoms with Crippen LogP contribution in [-0.2, 0) is 9.59 Å². The molecule has 0 spiro atoms. The van der Waals surface area contributed by atoms with Gasteiger partial charge < -0.3 is 15.7 Å². The minimum Gasteiger partial charge on any atom is -0.480 e. The van der Waals surface area contributed by atoms with Crippen molar-refractivity contribution in [3.05, 3.63) is 4.91 Å². The second-order valence-electron chi connectivity index (χ2n) is 4.91. The van der Waals surface area contributed by atoms with E-state index in [4.69, 9.17) is 10.8 Å². The molecule has 0 aromatic rings. The summed E-state index contributed by atoms with van der Waals surface area (Å²) in [6, 6.07) is -0.745. The summed E-state index contributed by atoms with van der Waals surface area (Å²) in [4.78, 5) is 35.3. The van der Waals surface area contributed by atoms with Crippen LogP contribution in [0.4, 0.5) is 0 Å². The normalized spacial score (nSPS) is 21.5. The average molecular weight is 303 g/mol. The van der Waals surface area contributed by atoms with Crippen LogP contribution in [0.15, 0.2) is 4.58 Å². The van der Waals surface area contributed by atoms with Crippen molar-refractivity contribution in [2.24, 2.45) is 22.2 Å². The van der Waals surface area contributed by atoms with E-state index in [1.807, 2.05) is 6.92 Å². The van der Waals surface area contributed by atoms with Gasteiger partial charge in [0.15, 0.2) is 0 Å². The molecular weight excluding hydrogens is 282 g/mol. The van der Waals surface area contributed by atoms with Crippen molar-refractivity contribution >= 4 is 23.8 Å². The smallest absolute Gasteiger partial charge is 0.326 e. The molecule has 2 unspecified atom stereocenters. The standard InChI is InChI=1S/C12H21N3O4S/c1-2-8(7-20-14-19)9(6-13)11(16)15-5-3-4-10(15)12(17)18/h8-10H,2-7,13H2,1H3,(H,17,18)/t8?,9?,10-/m0/s1. The average Bonchev–Trinajstić information content (AvgIpc) is 2.92. The third-order valence-electron chi connectivity index (χ3n) is 3.83. The lowest BCUT2D eigenvalue weighted by Crippen LogP contribution is -2.47. The number of carboxylic acids is 1. The van der Waals surface area contributed by atoms with E-state index < -0.39 is 17.9 Å². The van der Waals surface area contributed by atoms with Crippen LogP contribution in [0.25, 0.3) is 0 Å². The van der Waals surface area contributed by atoms with Gasteiger partial charge in [0, 0.05) is 35.4 Å². The van der Waals surface area contributed by atoms with Gasteiger partial charge in [0.2, 0.25) is 5.91 Å². The fourth-order valence-electron chi connectivity index (χ4n) is 2.64. The number of rotatable bonds is 8. The predicted molar refractivity (Wildman–Crippen MR) is 76.9 cm³/mol. The highest BCUT2D eigenvalue weighted by atomic mass is 32.2. The lowest BCUT2D eigenvalue weighted by molar-refractivity contribution is -0.150. The number of carboxylic acid groups (broad SMARTS) is 1. The Kier molecular flexibility index (Phi) is 6.94. The van der Waals surface area contributed by atoms with Gasteiger partial charge in [-0.1, -0.05) is 13.3 Å². The fourth-order valence-corrected chi connectivity index (χ4v) is 3.36. The van der Waals surface area contributed by atoms with Gasteiger partial charge in [-0.05, 0) is 18.8 Å². The van der Waals surface area contributed by atoms with Gasteiger partial charge in [-0.3, -0.25) is 4.79 Å². The van der Waals surface area contributed by atoms with Crippen molar-refractivity contribution in [2.45, 2.75) is 32.2 Å². The molecule has 0 radical (unpaired) electrons. The molecule has 1 heterocycles. The third kappa shape index (κ3) is 3.92. The second-order valence-corrected chi connectivity index (χ2v) is 5.65. The highest BCUT2D eigenvalue weighted by Crippen LogP contribution is 2.26. The van der Waals surface area contributed by atoms with Crippen LogP contribution in [0.3, 0.4) is 0 Å². The number of likely N-dealkylation sites (tertiary alicyclic amines) is 1. The number of nitrogens with two attached hydrogens (primary N) is 1. The SMILES string of the molecule is CCC(CSN=O)C(CN)C(=O)N1CCC[C@H]1C(=O)O. The van der Waals surface area contributed by atoms with Crippen LogP contribution in [0.1, 0.15) is 26.2 Å². The Morgan fingerprint density at radius 1 is 1.55 bits per heavy atom. The summed E-state index contributed by atoms with van der Waals surface area (Å²) in [7, 11) is 0. The van der Waals surface area contributed by atoms with Crippen LogP contribution >= 0.6 is 11.9 Å². The Hall–Kier alpha value is -1.15. The number of carbonyl (C=O) groups is 2. The molecule has 0 aliphatic carbocycles. The minimum atomic E-state index is -0.969. The van der Waals surface area contributed by atoms with Crippen molar-refractivity contribution in [1.82, 2.24) is 4.90 Å². The summed E-state index contributed by atoms with van der Waals surface area (Å²) < 4.78 is 2.75. The molecule has 20 heavy (non-hydrogen) atoms. The molecule has 3 N–H and O–H groups in total. The third-order valence-corrected chi connectivity index (χ3v) is 4.51. The maximum Gasteiger partial charge on any atom is 0.326 e. The molecule has 1 aliphatic heterocycles. The molecule has 0 aromatic heterocycles. The van der Waals surface area contributed by atoms with Crippen LogP contribution < -0.4 is 5.73 Å². The number of hydrogen-bond donors (Lipinski definition) is 2. The first-order valence-corrected chi connectivity index (χ1v) is 7.69. The van der Waals surface area contributed by atoms with Crippen molar-refractivity contribution < 1.29 is 14.7 Å². The predicted octanol–water partition coefficient (Wildman–Crippen LogP) is 1.08. The topological polar surface area (TPSA) is 113 Å². The lowest BCUT2D eigenvalue weighted by Gasteiger charge is -2.30. The molecule has 0 bridgehead atoms. The van der Waals surface area contributed by atoms with Gasteiger partial charge in [0.25, 0.3) is 0 Å². The Bertz CT molecular complexity index is 367. The Morgan fingerprint density at radius 2 is 2.25 bits per heavy atom. The fraction of sp³-hybridized carbons (Fsp3) is 0.833. The number of aliphatic carboxylic acids is 1. The van der Waals surface area contributed by atoms with E-state index in [-0.39, 0.29) is 18.4 Å². The quantitative estimate of drug-likeness (QED) is 0.512. The first-order chi connectivity index (χ1) is 9.56. The highest BCUT2D eigenvalue weighted by molar-refractivity contribution is 7.97. The number of nitroso groups, excluding NO2 is 1. The van der Waals surface area contributed by atoms with Gasteiger partial charge in [0.1, 0.15) is 6.04 Å². The van der Waals surface area contributed by atoms with Gasteiger partial charge >= 0.3 is 5.97 Å². The van der Waals surface area contributed by atoms with Crippen LogP contribution in [-0.4, -0.2) is 46.8 Å². The maximum atomic E-state index is 12.5. The zero-order valence-corrected chi connectivity index (χ0v) is 12.3. The molecule has 1 amide bonds. The summed E-state index contributed by atoms with van der Waals surface area (Å²) in [5.74, 6) is -1.27. The number of amides is 1. The van der Waals surface area contributed by atoms with Crippen molar-refractivity contribution in [2.75, 3.05) is 18.8 Å². The zero-order chi connectivity index (χ0) is 15.1. The first kappa shape index (κ1) is 16.9. The van der Waals surface area contributed by atoms with E-state index in [0.29, 0.717) is 31.6 Å². The van der Waals surface area contributed by atoms with Crippen molar-refractivity contribution in [3.63, 3.8) is 0 Å². The minimum absolute atomic E-state index is 0.0646. The van der Waals surface area contributed by atoms with E-state index in [9.17, 15) is 14.5 Å². The highest BCUT2D eigenvalue weighted by Gasteiger charge is 2.38. The van der Waals surface area contributed by atoms with E-state index in [2.05, 4.69) is 4.58 Å². The number of carbonyl (C=O) groups excluding carboxylic acids is 1. The van der Waals surface area contributed by atoms with Crippen molar-refractivity contribution in [3.8, 4) is 0 Å². The van der Waals surface area contributed by atoms with E-state index in [1.165, 1.54) is 4.90 Å².